The normalized spacial score (nSPS) is 17.4. The number of hydrogen-bond donors (Lipinski definition) is 0. The highest BCUT2D eigenvalue weighted by atomic mass is 15.2. The number of rotatable bonds is 2. The third kappa shape index (κ3) is 2.32. The molecular weight excluding hydrogens is 208 g/mol. The lowest BCUT2D eigenvalue weighted by atomic mass is 10.1. The summed E-state index contributed by atoms with van der Waals surface area (Å²) >= 11 is 0. The van der Waals surface area contributed by atoms with Crippen molar-refractivity contribution in [2.45, 2.75) is 25.9 Å². The van der Waals surface area contributed by atoms with Crippen LogP contribution in [0.2, 0.25) is 0 Å². The van der Waals surface area contributed by atoms with Gasteiger partial charge in [0, 0.05) is 30.6 Å². The maximum atomic E-state index is 2.55. The Morgan fingerprint density at radius 1 is 0.941 bits per heavy atom. The maximum Gasteiger partial charge on any atom is 0.213 e. The largest absolute Gasteiger partial charge is 0.248 e. The Morgan fingerprint density at radius 3 is 2.59 bits per heavy atom. The van der Waals surface area contributed by atoms with E-state index >= 15 is 0 Å². The standard InChI is InChI=1S/C15H19N2/c1-4-10-16(11-5-1)13-17-12-6-8-14-7-2-3-9-15(14)17/h2-3,6-9,12H,1,4-5,10-11,13H2/q+1. The Kier molecular flexibility index (Phi) is 3.06. The molecule has 1 aromatic carbocycles. The molecule has 88 valence electrons. The number of benzene rings is 1. The fraction of sp³-hybridized carbons (Fsp3) is 0.400. The van der Waals surface area contributed by atoms with Crippen molar-refractivity contribution in [3.8, 4) is 0 Å². The van der Waals surface area contributed by atoms with Crippen LogP contribution in [0.1, 0.15) is 19.3 Å². The molecule has 1 fully saturated rings. The fourth-order valence-electron chi connectivity index (χ4n) is 2.66. The maximum absolute atomic E-state index is 2.55. The molecule has 2 aromatic rings. The zero-order valence-electron chi connectivity index (χ0n) is 10.2. The number of likely N-dealkylation sites (tertiary alicyclic amines) is 1. The van der Waals surface area contributed by atoms with Crippen molar-refractivity contribution in [3.05, 3.63) is 42.6 Å². The van der Waals surface area contributed by atoms with Gasteiger partial charge in [0.1, 0.15) is 0 Å². The van der Waals surface area contributed by atoms with Gasteiger partial charge in [-0.05, 0) is 25.0 Å². The van der Waals surface area contributed by atoms with E-state index in [4.69, 9.17) is 0 Å². The van der Waals surface area contributed by atoms with Crippen molar-refractivity contribution in [1.29, 1.82) is 0 Å². The predicted molar refractivity (Wildman–Crippen MR) is 69.6 cm³/mol. The Hall–Kier alpha value is -1.41. The monoisotopic (exact) mass is 227 g/mol. The van der Waals surface area contributed by atoms with Crippen molar-refractivity contribution in [1.82, 2.24) is 4.90 Å². The first-order valence-electron chi connectivity index (χ1n) is 6.53. The van der Waals surface area contributed by atoms with Crippen molar-refractivity contribution in [2.24, 2.45) is 0 Å². The van der Waals surface area contributed by atoms with E-state index in [1.807, 2.05) is 0 Å². The van der Waals surface area contributed by atoms with Crippen LogP contribution in [0.5, 0.6) is 0 Å². The van der Waals surface area contributed by atoms with Gasteiger partial charge in [0.15, 0.2) is 6.20 Å². The summed E-state index contributed by atoms with van der Waals surface area (Å²) in [5, 5.41) is 1.33. The molecule has 0 N–H and O–H groups in total. The van der Waals surface area contributed by atoms with E-state index in [2.05, 4.69) is 52.1 Å². The molecule has 0 unspecified atom stereocenters. The molecule has 0 atom stereocenters. The van der Waals surface area contributed by atoms with Crippen LogP contribution < -0.4 is 4.57 Å². The second-order valence-corrected chi connectivity index (χ2v) is 4.86. The van der Waals surface area contributed by atoms with Gasteiger partial charge >= 0.3 is 0 Å². The van der Waals surface area contributed by atoms with E-state index in [1.165, 1.54) is 43.3 Å². The summed E-state index contributed by atoms with van der Waals surface area (Å²) in [4.78, 5) is 2.55. The highest BCUT2D eigenvalue weighted by Crippen LogP contribution is 2.11. The first-order valence-corrected chi connectivity index (χ1v) is 6.53. The van der Waals surface area contributed by atoms with Crippen molar-refractivity contribution >= 4 is 10.9 Å². The molecule has 3 rings (SSSR count). The van der Waals surface area contributed by atoms with Crippen LogP contribution in [0.3, 0.4) is 0 Å². The highest BCUT2D eigenvalue weighted by Gasteiger charge is 2.15. The van der Waals surface area contributed by atoms with E-state index in [0.29, 0.717) is 0 Å². The van der Waals surface area contributed by atoms with Gasteiger partial charge in [-0.3, -0.25) is 0 Å². The van der Waals surface area contributed by atoms with Gasteiger partial charge in [-0.1, -0.05) is 18.6 Å². The lowest BCUT2D eigenvalue weighted by Gasteiger charge is -2.23. The minimum Gasteiger partial charge on any atom is -0.248 e. The topological polar surface area (TPSA) is 7.12 Å². The average Bonchev–Trinajstić information content (AvgIpc) is 2.40. The number of fused-ring (bicyclic) bond motifs is 1. The molecule has 0 spiro atoms. The van der Waals surface area contributed by atoms with Crippen LogP contribution in [-0.2, 0) is 6.67 Å². The summed E-state index contributed by atoms with van der Waals surface area (Å²) in [6.45, 7) is 3.52. The van der Waals surface area contributed by atoms with E-state index in [-0.39, 0.29) is 0 Å². The fourth-order valence-corrected chi connectivity index (χ4v) is 2.66. The Bertz CT molecular complexity index is 496. The Morgan fingerprint density at radius 2 is 1.71 bits per heavy atom. The van der Waals surface area contributed by atoms with Crippen LogP contribution >= 0.6 is 0 Å². The van der Waals surface area contributed by atoms with Gasteiger partial charge in [-0.2, -0.15) is 4.57 Å². The number of hydrogen-bond acceptors (Lipinski definition) is 1. The molecule has 2 nitrogen and oxygen atoms in total. The smallest absolute Gasteiger partial charge is 0.213 e. The zero-order chi connectivity index (χ0) is 11.5. The molecule has 1 saturated heterocycles. The van der Waals surface area contributed by atoms with Gasteiger partial charge in [-0.15, -0.1) is 0 Å². The molecule has 0 amide bonds. The second kappa shape index (κ2) is 4.84. The molecule has 2 heteroatoms. The third-order valence-electron chi connectivity index (χ3n) is 3.59. The third-order valence-corrected chi connectivity index (χ3v) is 3.59. The lowest BCUT2D eigenvalue weighted by Crippen LogP contribution is -2.45. The van der Waals surface area contributed by atoms with Gasteiger partial charge in [0.2, 0.25) is 12.2 Å². The minimum atomic E-state index is 1.03. The number of piperidine rings is 1. The van der Waals surface area contributed by atoms with Crippen LogP contribution in [0.15, 0.2) is 42.6 Å². The first-order chi connectivity index (χ1) is 8.43. The SMILES string of the molecule is c1ccc2c(c1)ccc[n+]2CN1CCCCC1. The zero-order valence-corrected chi connectivity index (χ0v) is 10.2. The van der Waals surface area contributed by atoms with Crippen molar-refractivity contribution in [2.75, 3.05) is 13.1 Å². The summed E-state index contributed by atoms with van der Waals surface area (Å²) in [5.41, 5.74) is 1.33. The molecule has 0 bridgehead atoms. The van der Waals surface area contributed by atoms with E-state index in [9.17, 15) is 0 Å². The number of aromatic nitrogens is 1. The Labute approximate surface area is 102 Å². The summed E-state index contributed by atoms with van der Waals surface area (Å²) in [5.74, 6) is 0. The van der Waals surface area contributed by atoms with Gasteiger partial charge in [0.25, 0.3) is 0 Å². The van der Waals surface area contributed by atoms with Crippen molar-refractivity contribution in [3.63, 3.8) is 0 Å². The summed E-state index contributed by atoms with van der Waals surface area (Å²) in [7, 11) is 0. The molecule has 0 radical (unpaired) electrons. The van der Waals surface area contributed by atoms with E-state index < -0.39 is 0 Å². The summed E-state index contributed by atoms with van der Waals surface area (Å²) in [6, 6.07) is 12.9. The van der Waals surface area contributed by atoms with Gasteiger partial charge < -0.3 is 0 Å². The quantitative estimate of drug-likeness (QED) is 0.715. The molecule has 2 heterocycles. The molecule has 17 heavy (non-hydrogen) atoms. The molecular formula is C15H19N2+. The second-order valence-electron chi connectivity index (χ2n) is 4.86. The number of para-hydroxylation sites is 1. The molecule has 0 saturated carbocycles. The summed E-state index contributed by atoms with van der Waals surface area (Å²) in [6.07, 6.45) is 6.30. The van der Waals surface area contributed by atoms with Crippen LogP contribution in [0.4, 0.5) is 0 Å². The van der Waals surface area contributed by atoms with E-state index in [1.54, 1.807) is 0 Å². The van der Waals surface area contributed by atoms with E-state index in [0.717, 1.165) is 6.67 Å². The van der Waals surface area contributed by atoms with Crippen LogP contribution in [-0.4, -0.2) is 18.0 Å². The minimum absolute atomic E-state index is 1.03. The van der Waals surface area contributed by atoms with Gasteiger partial charge in [0.05, 0.1) is 0 Å². The van der Waals surface area contributed by atoms with Crippen LogP contribution in [0, 0.1) is 0 Å². The van der Waals surface area contributed by atoms with Gasteiger partial charge in [-0.25, -0.2) is 4.90 Å². The summed E-state index contributed by atoms with van der Waals surface area (Å²) < 4.78 is 2.36. The molecule has 1 aromatic heterocycles. The van der Waals surface area contributed by atoms with Crippen LogP contribution in [0.25, 0.3) is 10.9 Å². The molecule has 0 aliphatic carbocycles. The van der Waals surface area contributed by atoms with Crippen molar-refractivity contribution < 1.29 is 4.57 Å². The number of nitrogens with zero attached hydrogens (tertiary/aromatic N) is 2. The average molecular weight is 227 g/mol. The Balaban J connectivity index is 1.89. The molecule has 1 aliphatic heterocycles. The number of pyridine rings is 1. The first kappa shape index (κ1) is 10.7. The lowest BCUT2D eigenvalue weighted by molar-refractivity contribution is -0.691. The highest BCUT2D eigenvalue weighted by molar-refractivity contribution is 5.74. The molecule has 1 aliphatic rings. The predicted octanol–water partition coefficient (Wildman–Crippen LogP) is 2.57.